The number of ether oxygens (including phenoxy) is 1. The van der Waals surface area contributed by atoms with Crippen LogP contribution in [0.15, 0.2) is 40.9 Å². The Morgan fingerprint density at radius 2 is 2.03 bits per heavy atom. The van der Waals surface area contributed by atoms with Crippen LogP contribution in [-0.4, -0.2) is 50.8 Å². The van der Waals surface area contributed by atoms with E-state index in [2.05, 4.69) is 31.2 Å². The third-order valence-electron chi connectivity index (χ3n) is 5.04. The summed E-state index contributed by atoms with van der Waals surface area (Å²) >= 11 is 3.48. The molecular formula is C23H24BrFN4O3. The summed E-state index contributed by atoms with van der Waals surface area (Å²) in [7, 11) is 0. The van der Waals surface area contributed by atoms with E-state index in [4.69, 9.17) is 4.74 Å². The van der Waals surface area contributed by atoms with E-state index in [0.29, 0.717) is 24.4 Å². The number of carbonyl (C=O) groups excluding carboxylic acids is 1. The van der Waals surface area contributed by atoms with Gasteiger partial charge in [-0.2, -0.15) is 0 Å². The van der Waals surface area contributed by atoms with E-state index < -0.39 is 11.4 Å². The fourth-order valence-corrected chi connectivity index (χ4v) is 3.94. The lowest BCUT2D eigenvalue weighted by Gasteiger charge is -2.24. The van der Waals surface area contributed by atoms with Gasteiger partial charge < -0.3 is 20.1 Å². The lowest BCUT2D eigenvalue weighted by molar-refractivity contribution is 0.0293. The van der Waals surface area contributed by atoms with E-state index in [9.17, 15) is 14.3 Å². The van der Waals surface area contributed by atoms with E-state index >= 15 is 0 Å². The molecule has 168 valence electrons. The quantitative estimate of drug-likeness (QED) is 0.503. The normalized spacial score (nSPS) is 16.4. The largest absolute Gasteiger partial charge is 0.507 e. The molecule has 32 heavy (non-hydrogen) atoms. The van der Waals surface area contributed by atoms with Gasteiger partial charge in [-0.1, -0.05) is 15.9 Å². The molecule has 0 spiro atoms. The van der Waals surface area contributed by atoms with Crippen molar-refractivity contribution >= 4 is 38.7 Å². The smallest absolute Gasteiger partial charge is 0.410 e. The van der Waals surface area contributed by atoms with Crippen LogP contribution in [0.25, 0.3) is 22.3 Å². The van der Waals surface area contributed by atoms with Gasteiger partial charge in [0.1, 0.15) is 23.0 Å². The van der Waals surface area contributed by atoms with Gasteiger partial charge in [-0.25, -0.2) is 19.2 Å². The third kappa shape index (κ3) is 4.93. The van der Waals surface area contributed by atoms with E-state index in [1.54, 1.807) is 4.90 Å². The van der Waals surface area contributed by atoms with Gasteiger partial charge in [0.15, 0.2) is 5.82 Å². The van der Waals surface area contributed by atoms with Crippen molar-refractivity contribution in [2.45, 2.75) is 38.8 Å². The predicted octanol–water partition coefficient (Wildman–Crippen LogP) is 5.33. The number of phenols is 1. The number of aromatic nitrogens is 2. The monoisotopic (exact) mass is 502 g/mol. The van der Waals surface area contributed by atoms with Crippen LogP contribution < -0.4 is 5.32 Å². The zero-order chi connectivity index (χ0) is 23.0. The number of hydrogen-bond acceptors (Lipinski definition) is 6. The first-order valence-electron chi connectivity index (χ1n) is 10.3. The second-order valence-corrected chi connectivity index (χ2v) is 9.69. The summed E-state index contributed by atoms with van der Waals surface area (Å²) in [6.45, 7) is 6.55. The van der Waals surface area contributed by atoms with Gasteiger partial charge in [-0.05, 0) is 63.6 Å². The van der Waals surface area contributed by atoms with Crippen LogP contribution in [0.1, 0.15) is 27.2 Å². The molecule has 2 heterocycles. The Kier molecular flexibility index (Phi) is 5.94. The standard InChI is InChI=1S/C23H24BrFN4O3/c1-23(2,3)32-22(31)29-9-8-15(12-29)26-20-16-10-13(24)4-6-18(16)27-21(28-20)17-11-14(25)5-7-19(17)30/h4-7,10-11,15,30H,8-9,12H2,1-3H3,(H,26,27,28)/t15-/m0/s1. The zero-order valence-electron chi connectivity index (χ0n) is 18.0. The summed E-state index contributed by atoms with van der Waals surface area (Å²) in [5.74, 6) is 0.161. The minimum absolute atomic E-state index is 0.0476. The van der Waals surface area contributed by atoms with E-state index in [-0.39, 0.29) is 29.3 Å². The average Bonchev–Trinajstić information content (AvgIpc) is 3.17. The first-order chi connectivity index (χ1) is 15.1. The topological polar surface area (TPSA) is 87.6 Å². The van der Waals surface area contributed by atoms with E-state index in [0.717, 1.165) is 16.3 Å². The number of likely N-dealkylation sites (tertiary alicyclic amines) is 1. The third-order valence-corrected chi connectivity index (χ3v) is 5.53. The second kappa shape index (κ2) is 8.54. The van der Waals surface area contributed by atoms with Crippen molar-refractivity contribution in [3.63, 3.8) is 0 Å². The molecule has 1 amide bonds. The number of halogens is 2. The first-order valence-corrected chi connectivity index (χ1v) is 11.1. The molecule has 2 N–H and O–H groups in total. The molecule has 0 unspecified atom stereocenters. The summed E-state index contributed by atoms with van der Waals surface area (Å²) in [4.78, 5) is 23.2. The maximum absolute atomic E-state index is 13.8. The summed E-state index contributed by atoms with van der Waals surface area (Å²) in [6, 6.07) is 9.20. The van der Waals surface area contributed by atoms with Crippen molar-refractivity contribution in [3.8, 4) is 17.1 Å². The highest BCUT2D eigenvalue weighted by Gasteiger charge is 2.30. The van der Waals surface area contributed by atoms with Crippen LogP contribution in [0.3, 0.4) is 0 Å². The molecule has 7 nitrogen and oxygen atoms in total. The molecule has 1 saturated heterocycles. The van der Waals surface area contributed by atoms with Crippen molar-refractivity contribution < 1.29 is 19.0 Å². The molecule has 2 aromatic carbocycles. The van der Waals surface area contributed by atoms with Crippen molar-refractivity contribution in [1.29, 1.82) is 0 Å². The Morgan fingerprint density at radius 1 is 1.25 bits per heavy atom. The van der Waals surface area contributed by atoms with Crippen molar-refractivity contribution in [2.24, 2.45) is 0 Å². The van der Waals surface area contributed by atoms with Gasteiger partial charge in [-0.3, -0.25) is 0 Å². The minimum atomic E-state index is -0.556. The highest BCUT2D eigenvalue weighted by atomic mass is 79.9. The molecular weight excluding hydrogens is 479 g/mol. The minimum Gasteiger partial charge on any atom is -0.507 e. The number of carbonyl (C=O) groups is 1. The van der Waals surface area contributed by atoms with Gasteiger partial charge in [-0.15, -0.1) is 0 Å². The molecule has 1 aromatic heterocycles. The number of amides is 1. The number of phenolic OH excluding ortho intramolecular Hbond substituents is 1. The van der Waals surface area contributed by atoms with Gasteiger partial charge in [0.2, 0.25) is 0 Å². The number of hydrogen-bond donors (Lipinski definition) is 2. The Labute approximate surface area is 193 Å². The lowest BCUT2D eigenvalue weighted by Crippen LogP contribution is -2.36. The molecule has 0 saturated carbocycles. The molecule has 1 atom stereocenters. The van der Waals surface area contributed by atoms with Crippen LogP contribution in [-0.2, 0) is 4.74 Å². The zero-order valence-corrected chi connectivity index (χ0v) is 19.6. The Hall–Kier alpha value is -2.94. The number of anilines is 1. The highest BCUT2D eigenvalue weighted by Crippen LogP contribution is 2.32. The van der Waals surface area contributed by atoms with Crippen LogP contribution in [0, 0.1) is 5.82 Å². The fourth-order valence-electron chi connectivity index (χ4n) is 3.58. The summed E-state index contributed by atoms with van der Waals surface area (Å²) < 4.78 is 20.2. The van der Waals surface area contributed by atoms with Crippen LogP contribution in [0.4, 0.5) is 15.0 Å². The summed E-state index contributed by atoms with van der Waals surface area (Å²) in [5.41, 5.74) is 0.297. The van der Waals surface area contributed by atoms with Gasteiger partial charge in [0.05, 0.1) is 11.1 Å². The lowest BCUT2D eigenvalue weighted by atomic mass is 10.1. The second-order valence-electron chi connectivity index (χ2n) is 8.78. The number of fused-ring (bicyclic) bond motifs is 1. The van der Waals surface area contributed by atoms with Crippen LogP contribution in [0.2, 0.25) is 0 Å². The molecule has 9 heteroatoms. The summed E-state index contributed by atoms with van der Waals surface area (Å²) in [5, 5.41) is 14.4. The predicted molar refractivity (Wildman–Crippen MR) is 124 cm³/mol. The van der Waals surface area contributed by atoms with Crippen LogP contribution in [0.5, 0.6) is 5.75 Å². The SMILES string of the molecule is CC(C)(C)OC(=O)N1CC[C@H](Nc2nc(-c3cc(F)ccc3O)nc3ccc(Br)cc23)C1. The maximum atomic E-state index is 13.8. The van der Waals surface area contributed by atoms with Crippen molar-refractivity contribution in [2.75, 3.05) is 18.4 Å². The Morgan fingerprint density at radius 3 is 2.78 bits per heavy atom. The number of rotatable bonds is 3. The van der Waals surface area contributed by atoms with E-state index in [1.165, 1.54) is 18.2 Å². The molecule has 0 radical (unpaired) electrons. The molecule has 0 bridgehead atoms. The fraction of sp³-hybridized carbons (Fsp3) is 0.348. The van der Waals surface area contributed by atoms with Gasteiger partial charge >= 0.3 is 6.09 Å². The Bertz CT molecular complexity index is 1180. The number of benzene rings is 2. The molecule has 1 aliphatic heterocycles. The maximum Gasteiger partial charge on any atom is 0.410 e. The van der Waals surface area contributed by atoms with Crippen LogP contribution >= 0.6 is 15.9 Å². The number of nitrogens with zero attached hydrogens (tertiary/aromatic N) is 3. The van der Waals surface area contributed by atoms with Crippen molar-refractivity contribution in [3.05, 3.63) is 46.7 Å². The Balaban J connectivity index is 1.65. The molecule has 4 rings (SSSR count). The molecule has 1 aliphatic rings. The molecule has 3 aromatic rings. The molecule has 1 fully saturated rings. The van der Waals surface area contributed by atoms with E-state index in [1.807, 2.05) is 39.0 Å². The average molecular weight is 503 g/mol. The summed E-state index contributed by atoms with van der Waals surface area (Å²) in [6.07, 6.45) is 0.377. The van der Waals surface area contributed by atoms with Gasteiger partial charge in [0, 0.05) is 29.0 Å². The highest BCUT2D eigenvalue weighted by molar-refractivity contribution is 9.10. The first kappa shape index (κ1) is 22.3. The van der Waals surface area contributed by atoms with Crippen molar-refractivity contribution in [1.82, 2.24) is 14.9 Å². The number of nitrogens with one attached hydrogen (secondary N) is 1. The van der Waals surface area contributed by atoms with Gasteiger partial charge in [0.25, 0.3) is 0 Å². The number of aromatic hydroxyl groups is 1. The molecule has 0 aliphatic carbocycles.